The van der Waals surface area contributed by atoms with Crippen molar-refractivity contribution in [1.29, 1.82) is 0 Å². The lowest BCUT2D eigenvalue weighted by molar-refractivity contribution is 0.0729. The van der Waals surface area contributed by atoms with Gasteiger partial charge in [-0.3, -0.25) is 9.78 Å². The van der Waals surface area contributed by atoms with Gasteiger partial charge in [0.1, 0.15) is 11.5 Å². The van der Waals surface area contributed by atoms with Crippen LogP contribution in [0, 0.1) is 0 Å². The van der Waals surface area contributed by atoms with E-state index in [0.717, 1.165) is 24.2 Å². The zero-order chi connectivity index (χ0) is 17.8. The largest absolute Gasteiger partial charge is 0.457 e. The molecule has 0 aliphatic heterocycles. The molecule has 4 heteroatoms. The third-order valence-electron chi connectivity index (χ3n) is 4.38. The van der Waals surface area contributed by atoms with Crippen LogP contribution in [0.4, 0.5) is 0 Å². The predicted molar refractivity (Wildman–Crippen MR) is 100 cm³/mol. The number of pyridine rings is 1. The standard InChI is InChI=1S/C22H20N2O2/c25-22(24(19-11-12-19)16-17-6-5-13-23-15-17)18-7-4-10-21(14-18)26-20-8-2-1-3-9-20/h1-10,13-15,19H,11-12,16H2. The summed E-state index contributed by atoms with van der Waals surface area (Å²) < 4.78 is 5.86. The number of hydrogen-bond donors (Lipinski definition) is 0. The Hall–Kier alpha value is -3.14. The SMILES string of the molecule is O=C(c1cccc(Oc2ccccc2)c1)N(Cc1cccnc1)C1CC1. The van der Waals surface area contributed by atoms with Gasteiger partial charge in [0.25, 0.3) is 5.91 Å². The summed E-state index contributed by atoms with van der Waals surface area (Å²) in [5.41, 5.74) is 1.69. The third kappa shape index (κ3) is 3.91. The van der Waals surface area contributed by atoms with Gasteiger partial charge in [-0.1, -0.05) is 30.3 Å². The van der Waals surface area contributed by atoms with Crippen LogP contribution in [-0.4, -0.2) is 21.8 Å². The van der Waals surface area contributed by atoms with Crippen molar-refractivity contribution in [2.75, 3.05) is 0 Å². The lowest BCUT2D eigenvalue weighted by Crippen LogP contribution is -2.32. The summed E-state index contributed by atoms with van der Waals surface area (Å²) in [5, 5.41) is 0. The van der Waals surface area contributed by atoms with Gasteiger partial charge >= 0.3 is 0 Å². The summed E-state index contributed by atoms with van der Waals surface area (Å²) in [6, 6.07) is 21.2. The third-order valence-corrected chi connectivity index (χ3v) is 4.38. The Kier molecular flexibility index (Phi) is 4.65. The molecule has 0 spiro atoms. The average molecular weight is 344 g/mol. The summed E-state index contributed by atoms with van der Waals surface area (Å²) in [5.74, 6) is 1.46. The molecule has 0 bridgehead atoms. The molecule has 1 fully saturated rings. The van der Waals surface area contributed by atoms with Crippen molar-refractivity contribution in [1.82, 2.24) is 9.88 Å². The number of benzene rings is 2. The first-order valence-corrected chi connectivity index (χ1v) is 8.82. The molecule has 3 aromatic rings. The van der Waals surface area contributed by atoms with Crippen LogP contribution < -0.4 is 4.74 Å². The molecule has 1 saturated carbocycles. The summed E-state index contributed by atoms with van der Waals surface area (Å²) in [6.45, 7) is 0.584. The Balaban J connectivity index is 1.53. The van der Waals surface area contributed by atoms with Gasteiger partial charge in [0.15, 0.2) is 0 Å². The van der Waals surface area contributed by atoms with E-state index in [1.165, 1.54) is 0 Å². The molecule has 0 radical (unpaired) electrons. The van der Waals surface area contributed by atoms with Crippen LogP contribution in [-0.2, 0) is 6.54 Å². The number of ether oxygens (including phenoxy) is 1. The van der Waals surface area contributed by atoms with E-state index in [-0.39, 0.29) is 5.91 Å². The lowest BCUT2D eigenvalue weighted by atomic mass is 10.1. The van der Waals surface area contributed by atoms with Gasteiger partial charge < -0.3 is 9.64 Å². The van der Waals surface area contributed by atoms with Crippen LogP contribution in [0.2, 0.25) is 0 Å². The molecular formula is C22H20N2O2. The molecule has 0 unspecified atom stereocenters. The van der Waals surface area contributed by atoms with E-state index >= 15 is 0 Å². The quantitative estimate of drug-likeness (QED) is 0.652. The summed E-state index contributed by atoms with van der Waals surface area (Å²) >= 11 is 0. The molecule has 26 heavy (non-hydrogen) atoms. The number of para-hydroxylation sites is 1. The van der Waals surface area contributed by atoms with E-state index in [9.17, 15) is 4.79 Å². The zero-order valence-corrected chi connectivity index (χ0v) is 14.4. The van der Waals surface area contributed by atoms with Crippen molar-refractivity contribution in [2.45, 2.75) is 25.4 Å². The normalized spacial score (nSPS) is 13.2. The number of carbonyl (C=O) groups excluding carboxylic acids is 1. The van der Waals surface area contributed by atoms with Crippen LogP contribution in [0.1, 0.15) is 28.8 Å². The van der Waals surface area contributed by atoms with Gasteiger partial charge in [-0.15, -0.1) is 0 Å². The van der Waals surface area contributed by atoms with Crippen LogP contribution in [0.15, 0.2) is 79.1 Å². The summed E-state index contributed by atoms with van der Waals surface area (Å²) in [4.78, 5) is 19.2. The Labute approximate surface area is 153 Å². The number of carbonyl (C=O) groups is 1. The highest BCUT2D eigenvalue weighted by Crippen LogP contribution is 2.30. The Morgan fingerprint density at radius 2 is 1.81 bits per heavy atom. The van der Waals surface area contributed by atoms with E-state index in [1.807, 2.05) is 77.8 Å². The molecule has 130 valence electrons. The van der Waals surface area contributed by atoms with Gasteiger partial charge in [-0.2, -0.15) is 0 Å². The molecule has 1 heterocycles. The second-order valence-electron chi connectivity index (χ2n) is 6.47. The molecule has 1 aliphatic carbocycles. The van der Waals surface area contributed by atoms with Crippen molar-refractivity contribution in [3.63, 3.8) is 0 Å². The Morgan fingerprint density at radius 3 is 2.54 bits per heavy atom. The summed E-state index contributed by atoms with van der Waals surface area (Å²) in [6.07, 6.45) is 5.69. The van der Waals surface area contributed by atoms with Crippen molar-refractivity contribution in [3.05, 3.63) is 90.3 Å². The highest BCUT2D eigenvalue weighted by Gasteiger charge is 2.33. The van der Waals surface area contributed by atoms with Crippen LogP contribution in [0.25, 0.3) is 0 Å². The van der Waals surface area contributed by atoms with E-state index < -0.39 is 0 Å². The highest BCUT2D eigenvalue weighted by atomic mass is 16.5. The highest BCUT2D eigenvalue weighted by molar-refractivity contribution is 5.95. The van der Waals surface area contributed by atoms with E-state index in [1.54, 1.807) is 6.20 Å². The molecular weight excluding hydrogens is 324 g/mol. The maximum absolute atomic E-state index is 13.1. The molecule has 0 saturated heterocycles. The topological polar surface area (TPSA) is 42.4 Å². The summed E-state index contributed by atoms with van der Waals surface area (Å²) in [7, 11) is 0. The second-order valence-corrected chi connectivity index (χ2v) is 6.47. The first-order valence-electron chi connectivity index (χ1n) is 8.82. The number of rotatable bonds is 6. The Morgan fingerprint density at radius 1 is 1.00 bits per heavy atom. The average Bonchev–Trinajstić information content (AvgIpc) is 3.53. The molecule has 1 aromatic heterocycles. The molecule has 1 aliphatic rings. The van der Waals surface area contributed by atoms with Gasteiger partial charge in [0, 0.05) is 30.5 Å². The minimum Gasteiger partial charge on any atom is -0.457 e. The van der Waals surface area contributed by atoms with E-state index in [4.69, 9.17) is 4.74 Å². The maximum Gasteiger partial charge on any atom is 0.254 e. The number of amides is 1. The molecule has 1 amide bonds. The molecule has 4 nitrogen and oxygen atoms in total. The first-order chi connectivity index (χ1) is 12.8. The van der Waals surface area contributed by atoms with Gasteiger partial charge in [-0.05, 0) is 54.8 Å². The molecule has 2 aromatic carbocycles. The van der Waals surface area contributed by atoms with Crippen LogP contribution >= 0.6 is 0 Å². The zero-order valence-electron chi connectivity index (χ0n) is 14.4. The molecule has 0 atom stereocenters. The molecule has 0 N–H and O–H groups in total. The van der Waals surface area contributed by atoms with Crippen LogP contribution in [0.5, 0.6) is 11.5 Å². The van der Waals surface area contributed by atoms with Crippen molar-refractivity contribution < 1.29 is 9.53 Å². The van der Waals surface area contributed by atoms with Gasteiger partial charge in [0.2, 0.25) is 0 Å². The van der Waals surface area contributed by atoms with Gasteiger partial charge in [0.05, 0.1) is 0 Å². The lowest BCUT2D eigenvalue weighted by Gasteiger charge is -2.22. The fraction of sp³-hybridized carbons (Fsp3) is 0.182. The maximum atomic E-state index is 13.1. The fourth-order valence-electron chi connectivity index (χ4n) is 2.92. The monoisotopic (exact) mass is 344 g/mol. The van der Waals surface area contributed by atoms with Crippen molar-refractivity contribution in [3.8, 4) is 11.5 Å². The Bertz CT molecular complexity index is 877. The van der Waals surface area contributed by atoms with Crippen LogP contribution in [0.3, 0.4) is 0 Å². The fourth-order valence-corrected chi connectivity index (χ4v) is 2.92. The van der Waals surface area contributed by atoms with Crippen molar-refractivity contribution in [2.24, 2.45) is 0 Å². The van der Waals surface area contributed by atoms with Gasteiger partial charge in [-0.25, -0.2) is 0 Å². The predicted octanol–water partition coefficient (Wildman–Crippen LogP) is 4.68. The molecule has 4 rings (SSSR count). The van der Waals surface area contributed by atoms with E-state index in [0.29, 0.717) is 23.9 Å². The number of nitrogens with zero attached hydrogens (tertiary/aromatic N) is 2. The number of hydrogen-bond acceptors (Lipinski definition) is 3. The minimum absolute atomic E-state index is 0.0369. The minimum atomic E-state index is 0.0369. The first kappa shape index (κ1) is 16.3. The van der Waals surface area contributed by atoms with Crippen molar-refractivity contribution >= 4 is 5.91 Å². The number of aromatic nitrogens is 1. The van der Waals surface area contributed by atoms with E-state index in [2.05, 4.69) is 4.98 Å². The second kappa shape index (κ2) is 7.40. The smallest absolute Gasteiger partial charge is 0.254 e.